The van der Waals surface area contributed by atoms with Crippen molar-refractivity contribution in [3.63, 3.8) is 0 Å². The number of quaternary nitrogens is 1. The Morgan fingerprint density at radius 2 is 1.37 bits per heavy atom. The first-order valence-electron chi connectivity index (χ1n) is 10.7. The van der Waals surface area contributed by atoms with E-state index in [-0.39, 0.29) is 0 Å². The van der Waals surface area contributed by atoms with E-state index in [1.807, 2.05) is 0 Å². The van der Waals surface area contributed by atoms with Crippen molar-refractivity contribution in [2.45, 2.75) is 64.7 Å². The first-order valence-corrected chi connectivity index (χ1v) is 11.5. The minimum absolute atomic E-state index is 0.847. The third-order valence-electron chi connectivity index (χ3n) is 5.20. The van der Waals surface area contributed by atoms with Crippen LogP contribution in [0.15, 0.2) is 9.98 Å². The molecule has 0 radical (unpaired) electrons. The van der Waals surface area contributed by atoms with E-state index >= 15 is 0 Å². The Morgan fingerprint density at radius 1 is 0.852 bits per heavy atom. The van der Waals surface area contributed by atoms with E-state index in [1.54, 1.807) is 0 Å². The molecule has 2 fully saturated rings. The number of hydrogen-bond acceptors (Lipinski definition) is 5. The number of hydrogen-bond donors (Lipinski definition) is 0. The van der Waals surface area contributed by atoms with Gasteiger partial charge in [-0.3, -0.25) is 0 Å². The SMILES string of the molecule is CCCCN=C=S.CN1CCCCC1.C[N+]1(CCCN=C=S)CCCCC1. The number of thiocarbonyl (C=S) groups is 2. The molecule has 2 saturated heterocycles. The van der Waals surface area contributed by atoms with E-state index in [0.29, 0.717) is 0 Å². The van der Waals surface area contributed by atoms with Crippen LogP contribution in [0, 0.1) is 0 Å². The molecule has 0 aromatic carbocycles. The van der Waals surface area contributed by atoms with E-state index in [4.69, 9.17) is 0 Å². The molecule has 156 valence electrons. The lowest BCUT2D eigenvalue weighted by atomic mass is 10.1. The van der Waals surface area contributed by atoms with E-state index in [0.717, 1.165) is 25.9 Å². The van der Waals surface area contributed by atoms with Crippen LogP contribution in [0.4, 0.5) is 0 Å². The normalized spacial score (nSPS) is 18.5. The third-order valence-corrected chi connectivity index (χ3v) is 5.45. The van der Waals surface area contributed by atoms with Crippen molar-refractivity contribution in [2.24, 2.45) is 9.98 Å². The summed E-state index contributed by atoms with van der Waals surface area (Å²) < 4.78 is 1.24. The smallest absolute Gasteiger partial charge is 0.0802 e. The van der Waals surface area contributed by atoms with Crippen LogP contribution in [0.5, 0.6) is 0 Å². The lowest BCUT2D eigenvalue weighted by Gasteiger charge is -2.37. The minimum atomic E-state index is 0.847. The fourth-order valence-corrected chi connectivity index (χ4v) is 3.59. The summed E-state index contributed by atoms with van der Waals surface area (Å²) in [6.07, 6.45) is 12.0. The number of aliphatic imine (C=N–C) groups is 2. The monoisotopic (exact) mass is 413 g/mol. The van der Waals surface area contributed by atoms with Gasteiger partial charge in [0.25, 0.3) is 0 Å². The molecule has 4 nitrogen and oxygen atoms in total. The summed E-state index contributed by atoms with van der Waals surface area (Å²) in [4.78, 5) is 10.1. The molecule has 0 aliphatic carbocycles. The Morgan fingerprint density at radius 3 is 1.81 bits per heavy atom. The van der Waals surface area contributed by atoms with Crippen molar-refractivity contribution in [3.8, 4) is 0 Å². The lowest BCUT2D eigenvalue weighted by molar-refractivity contribution is -0.914. The summed E-state index contributed by atoms with van der Waals surface area (Å²) in [5.74, 6) is 0. The molecule has 0 spiro atoms. The standard InChI is InChI=1S/C10H19N2S.C6H13N.C5H9NS/c1-12(7-3-2-4-8-12)9-5-6-11-10-13;1-7-5-3-2-4-6-7;1-2-3-4-6-5-7/h2-9H2,1H3;2-6H2,1H3;2-4H2,1H3/q+1;;. The Balaban J connectivity index is 0.000000410. The van der Waals surface area contributed by atoms with E-state index in [1.165, 1.54) is 82.2 Å². The number of isothiocyanates is 2. The van der Waals surface area contributed by atoms with Gasteiger partial charge in [-0.05, 0) is 83.1 Å². The van der Waals surface area contributed by atoms with Crippen LogP contribution in [0.3, 0.4) is 0 Å². The highest BCUT2D eigenvalue weighted by molar-refractivity contribution is 7.78. The van der Waals surface area contributed by atoms with E-state index < -0.39 is 0 Å². The van der Waals surface area contributed by atoms with Crippen LogP contribution in [0.1, 0.15) is 64.7 Å². The molecule has 0 atom stereocenters. The van der Waals surface area contributed by atoms with Crippen LogP contribution in [-0.2, 0) is 0 Å². The van der Waals surface area contributed by atoms with Gasteiger partial charge >= 0.3 is 0 Å². The maximum atomic E-state index is 4.53. The predicted molar refractivity (Wildman–Crippen MR) is 125 cm³/mol. The lowest BCUT2D eigenvalue weighted by Crippen LogP contribution is -2.48. The second-order valence-electron chi connectivity index (χ2n) is 7.87. The average Bonchev–Trinajstić information content (AvgIpc) is 2.68. The first-order chi connectivity index (χ1) is 13.1. The zero-order valence-electron chi connectivity index (χ0n) is 17.9. The largest absolute Gasteiger partial charge is 0.326 e. The highest BCUT2D eigenvalue weighted by Gasteiger charge is 2.23. The van der Waals surface area contributed by atoms with Gasteiger partial charge in [0.2, 0.25) is 0 Å². The van der Waals surface area contributed by atoms with Crippen molar-refractivity contribution in [3.05, 3.63) is 0 Å². The van der Waals surface area contributed by atoms with E-state index in [2.05, 4.69) is 70.7 Å². The second-order valence-corrected chi connectivity index (χ2v) is 8.23. The van der Waals surface area contributed by atoms with Gasteiger partial charge in [-0.2, -0.15) is 0 Å². The molecule has 0 bridgehead atoms. The third kappa shape index (κ3) is 17.4. The quantitative estimate of drug-likeness (QED) is 0.251. The second kappa shape index (κ2) is 18.9. The van der Waals surface area contributed by atoms with Gasteiger partial charge in [0, 0.05) is 13.0 Å². The summed E-state index contributed by atoms with van der Waals surface area (Å²) >= 11 is 8.88. The van der Waals surface area contributed by atoms with Crippen LogP contribution in [0.25, 0.3) is 0 Å². The zero-order chi connectivity index (χ0) is 20.2. The highest BCUT2D eigenvalue weighted by Crippen LogP contribution is 2.16. The summed E-state index contributed by atoms with van der Waals surface area (Å²) in [6, 6.07) is 0. The van der Waals surface area contributed by atoms with Crippen molar-refractivity contribution >= 4 is 34.8 Å². The molecule has 0 unspecified atom stereocenters. The minimum Gasteiger partial charge on any atom is -0.326 e. The molecule has 0 aromatic heterocycles. The molecule has 2 heterocycles. The van der Waals surface area contributed by atoms with E-state index in [9.17, 15) is 0 Å². The molecule has 0 N–H and O–H groups in total. The molecule has 0 saturated carbocycles. The molecule has 0 amide bonds. The Labute approximate surface area is 178 Å². The summed E-state index contributed by atoms with van der Waals surface area (Å²) in [5, 5.41) is 4.73. The number of rotatable bonds is 7. The van der Waals surface area contributed by atoms with Gasteiger partial charge in [0.1, 0.15) is 0 Å². The molecule has 2 aliphatic rings. The molecule has 2 aliphatic heterocycles. The van der Waals surface area contributed by atoms with Gasteiger partial charge in [0.05, 0.1) is 43.5 Å². The van der Waals surface area contributed by atoms with Crippen molar-refractivity contribution in [2.75, 3.05) is 59.9 Å². The van der Waals surface area contributed by atoms with Crippen LogP contribution in [0.2, 0.25) is 0 Å². The summed E-state index contributed by atoms with van der Waals surface area (Å²) in [5.41, 5.74) is 0. The molecule has 0 aromatic rings. The molecule has 27 heavy (non-hydrogen) atoms. The Hall–Kier alpha value is -0.480. The van der Waals surface area contributed by atoms with Gasteiger partial charge in [0.15, 0.2) is 0 Å². The average molecular weight is 414 g/mol. The van der Waals surface area contributed by atoms with Crippen LogP contribution < -0.4 is 0 Å². The molecular weight excluding hydrogens is 372 g/mol. The number of likely N-dealkylation sites (tertiary alicyclic amines) is 2. The fourth-order valence-electron chi connectivity index (χ4n) is 3.41. The number of piperidine rings is 2. The fraction of sp³-hybridized carbons (Fsp3) is 0.905. The van der Waals surface area contributed by atoms with Crippen LogP contribution >= 0.6 is 24.4 Å². The predicted octanol–water partition coefficient (Wildman–Crippen LogP) is 5.10. The molecule has 2 rings (SSSR count). The Kier molecular flexibility index (Phi) is 18.5. The van der Waals surface area contributed by atoms with Gasteiger partial charge in [-0.1, -0.05) is 19.8 Å². The number of nitrogens with zero attached hydrogens (tertiary/aromatic N) is 4. The molecule has 6 heteroatoms. The number of unbranched alkanes of at least 4 members (excludes halogenated alkanes) is 1. The summed E-state index contributed by atoms with van der Waals surface area (Å²) in [7, 11) is 4.56. The Bertz CT molecular complexity index is 431. The van der Waals surface area contributed by atoms with Gasteiger partial charge < -0.3 is 9.38 Å². The van der Waals surface area contributed by atoms with Crippen LogP contribution in [-0.4, -0.2) is 79.6 Å². The van der Waals surface area contributed by atoms with Crippen molar-refractivity contribution in [1.82, 2.24) is 4.90 Å². The van der Waals surface area contributed by atoms with Gasteiger partial charge in [-0.15, -0.1) is 0 Å². The maximum absolute atomic E-state index is 4.53. The molecular formula is C21H41N4S2+. The van der Waals surface area contributed by atoms with Crippen molar-refractivity contribution < 1.29 is 4.48 Å². The van der Waals surface area contributed by atoms with Crippen molar-refractivity contribution in [1.29, 1.82) is 0 Å². The van der Waals surface area contributed by atoms with Gasteiger partial charge in [-0.25, -0.2) is 9.98 Å². The summed E-state index contributed by atoms with van der Waals surface area (Å²) in [6.45, 7) is 10.4. The first kappa shape index (κ1) is 26.5. The highest BCUT2D eigenvalue weighted by atomic mass is 32.1. The maximum Gasteiger partial charge on any atom is 0.0802 e. The topological polar surface area (TPSA) is 28.0 Å². The zero-order valence-corrected chi connectivity index (χ0v) is 19.6.